The average Bonchev–Trinajstić information content (AvgIpc) is 2.82. The summed E-state index contributed by atoms with van der Waals surface area (Å²) < 4.78 is 0. The van der Waals surface area contributed by atoms with Crippen molar-refractivity contribution in [2.24, 2.45) is 5.92 Å². The van der Waals surface area contributed by atoms with Crippen molar-refractivity contribution in [3.63, 3.8) is 0 Å². The summed E-state index contributed by atoms with van der Waals surface area (Å²) in [6.07, 6.45) is 10.1. The van der Waals surface area contributed by atoms with Gasteiger partial charge in [0.15, 0.2) is 0 Å². The van der Waals surface area contributed by atoms with Gasteiger partial charge in [-0.25, -0.2) is 0 Å². The normalized spacial score (nSPS) is 19.6. The lowest BCUT2D eigenvalue weighted by molar-refractivity contribution is -0.119. The van der Waals surface area contributed by atoms with Gasteiger partial charge >= 0.3 is 0 Å². The molecule has 1 aliphatic carbocycles. The van der Waals surface area contributed by atoms with Gasteiger partial charge in [0.1, 0.15) is 5.78 Å². The van der Waals surface area contributed by atoms with E-state index in [-0.39, 0.29) is 11.7 Å². The lowest BCUT2D eigenvalue weighted by Gasteiger charge is -2.22. The maximum atomic E-state index is 11.8. The standard InChI is InChI=1S/C18H24N2O/c1-5-6-17-14(9-16(10-19-4)13(3)21)7-8-15-11-20-12(2)18(15)17/h5-6,9,11,16,19-20H,1,7-8,10H2,2-4H3/b14-9+,17-6-. The maximum absolute atomic E-state index is 11.8. The van der Waals surface area contributed by atoms with Gasteiger partial charge in [0.2, 0.25) is 0 Å². The molecule has 2 N–H and O–H groups in total. The van der Waals surface area contributed by atoms with Gasteiger partial charge in [0, 0.05) is 29.9 Å². The molecule has 1 aromatic heterocycles. The first-order valence-corrected chi connectivity index (χ1v) is 7.44. The number of rotatable bonds is 5. The molecule has 1 atom stereocenters. The maximum Gasteiger partial charge on any atom is 0.137 e. The minimum atomic E-state index is -0.0704. The average molecular weight is 284 g/mol. The van der Waals surface area contributed by atoms with Crippen molar-refractivity contribution in [1.29, 1.82) is 0 Å². The number of aromatic nitrogens is 1. The van der Waals surface area contributed by atoms with Crippen molar-refractivity contribution in [2.75, 3.05) is 13.6 Å². The quantitative estimate of drug-likeness (QED) is 0.872. The third-order valence-corrected chi connectivity index (χ3v) is 4.07. The minimum absolute atomic E-state index is 0.0704. The third kappa shape index (κ3) is 3.24. The zero-order valence-corrected chi connectivity index (χ0v) is 13.1. The Morgan fingerprint density at radius 1 is 1.52 bits per heavy atom. The van der Waals surface area contributed by atoms with Crippen LogP contribution in [0.2, 0.25) is 0 Å². The number of aryl methyl sites for hydroxylation is 2. The van der Waals surface area contributed by atoms with E-state index in [9.17, 15) is 4.79 Å². The van der Waals surface area contributed by atoms with Crippen LogP contribution in [0, 0.1) is 12.8 Å². The van der Waals surface area contributed by atoms with Crippen molar-refractivity contribution >= 4 is 11.4 Å². The molecule has 0 amide bonds. The molecule has 2 rings (SSSR count). The number of nitrogens with one attached hydrogen (secondary N) is 2. The Kier molecular flexibility index (Phi) is 4.97. The van der Waals surface area contributed by atoms with E-state index in [2.05, 4.69) is 42.2 Å². The van der Waals surface area contributed by atoms with Crippen LogP contribution < -0.4 is 5.32 Å². The van der Waals surface area contributed by atoms with E-state index in [0.717, 1.165) is 12.8 Å². The molecule has 3 nitrogen and oxygen atoms in total. The molecule has 3 heteroatoms. The number of fused-ring (bicyclic) bond motifs is 1. The molecule has 0 radical (unpaired) electrons. The molecule has 0 saturated heterocycles. The Morgan fingerprint density at radius 3 is 2.90 bits per heavy atom. The van der Waals surface area contributed by atoms with Crippen molar-refractivity contribution < 1.29 is 4.79 Å². The number of ketones is 1. The smallest absolute Gasteiger partial charge is 0.137 e. The molecule has 1 aromatic rings. The van der Waals surface area contributed by atoms with Crippen LogP contribution in [-0.2, 0) is 11.2 Å². The van der Waals surface area contributed by atoms with Gasteiger partial charge in [-0.2, -0.15) is 0 Å². The van der Waals surface area contributed by atoms with E-state index in [1.165, 1.54) is 28.0 Å². The van der Waals surface area contributed by atoms with Crippen molar-refractivity contribution in [2.45, 2.75) is 26.7 Å². The fourth-order valence-corrected chi connectivity index (χ4v) is 2.98. The molecule has 0 bridgehead atoms. The second kappa shape index (κ2) is 6.72. The highest BCUT2D eigenvalue weighted by Gasteiger charge is 2.23. The molecule has 112 valence electrons. The summed E-state index contributed by atoms with van der Waals surface area (Å²) in [5.41, 5.74) is 6.26. The lowest BCUT2D eigenvalue weighted by Crippen LogP contribution is -2.23. The Morgan fingerprint density at radius 2 is 2.29 bits per heavy atom. The molecular weight excluding hydrogens is 260 g/mol. The molecule has 21 heavy (non-hydrogen) atoms. The second-order valence-corrected chi connectivity index (χ2v) is 5.60. The number of hydrogen-bond donors (Lipinski definition) is 2. The van der Waals surface area contributed by atoms with Crippen LogP contribution in [0.3, 0.4) is 0 Å². The Balaban J connectivity index is 2.45. The summed E-state index contributed by atoms with van der Waals surface area (Å²) in [6.45, 7) is 8.26. The number of carbonyl (C=O) groups is 1. The van der Waals surface area contributed by atoms with Gasteiger partial charge in [-0.1, -0.05) is 24.8 Å². The highest BCUT2D eigenvalue weighted by atomic mass is 16.1. The van der Waals surface area contributed by atoms with Gasteiger partial charge in [0.05, 0.1) is 0 Å². The summed E-state index contributed by atoms with van der Waals surface area (Å²) in [7, 11) is 1.88. The van der Waals surface area contributed by atoms with Crippen molar-refractivity contribution in [1.82, 2.24) is 10.3 Å². The highest BCUT2D eigenvalue weighted by Crippen LogP contribution is 2.37. The first kappa shape index (κ1) is 15.5. The number of hydrogen-bond acceptors (Lipinski definition) is 2. The van der Waals surface area contributed by atoms with Gasteiger partial charge in [-0.05, 0) is 50.4 Å². The molecule has 0 spiro atoms. The molecule has 0 saturated carbocycles. The Labute approximate surface area is 126 Å². The monoisotopic (exact) mass is 284 g/mol. The van der Waals surface area contributed by atoms with Crippen LogP contribution in [0.5, 0.6) is 0 Å². The first-order valence-electron chi connectivity index (χ1n) is 7.44. The molecule has 0 aliphatic heterocycles. The van der Waals surface area contributed by atoms with Crippen molar-refractivity contribution in [3.8, 4) is 0 Å². The summed E-state index contributed by atoms with van der Waals surface area (Å²) in [5, 5.41) is 3.10. The predicted octanol–water partition coefficient (Wildman–Crippen LogP) is 3.19. The zero-order chi connectivity index (χ0) is 15.4. The number of aromatic amines is 1. The number of Topliss-reactive ketones (excluding diaryl/α,β-unsaturated/α-hetero) is 1. The first-order chi connectivity index (χ1) is 10.1. The summed E-state index contributed by atoms with van der Waals surface area (Å²) in [6, 6.07) is 0. The van der Waals surface area contributed by atoms with Gasteiger partial charge in [0.25, 0.3) is 0 Å². The van der Waals surface area contributed by atoms with E-state index >= 15 is 0 Å². The van der Waals surface area contributed by atoms with Gasteiger partial charge in [-0.15, -0.1) is 0 Å². The fraction of sp³-hybridized carbons (Fsp3) is 0.389. The van der Waals surface area contributed by atoms with E-state index in [4.69, 9.17) is 0 Å². The predicted molar refractivity (Wildman–Crippen MR) is 88.2 cm³/mol. The van der Waals surface area contributed by atoms with E-state index < -0.39 is 0 Å². The fourth-order valence-electron chi connectivity index (χ4n) is 2.98. The summed E-state index contributed by atoms with van der Waals surface area (Å²) >= 11 is 0. The molecule has 0 aromatic carbocycles. The van der Waals surface area contributed by atoms with Crippen LogP contribution >= 0.6 is 0 Å². The van der Waals surface area contributed by atoms with Crippen LogP contribution in [0.1, 0.15) is 30.2 Å². The summed E-state index contributed by atoms with van der Waals surface area (Å²) in [5.74, 6) is 0.130. The SMILES string of the molecule is C=C/C=C1/C(=C/C(CNC)C(C)=O)CCc2c[nH]c(C)c21. The Hall–Kier alpha value is -1.87. The number of allylic oxidation sites excluding steroid dienone is 4. The molecule has 1 aliphatic rings. The van der Waals surface area contributed by atoms with Crippen LogP contribution in [0.4, 0.5) is 0 Å². The van der Waals surface area contributed by atoms with Crippen LogP contribution in [0.25, 0.3) is 5.57 Å². The Bertz CT molecular complexity index is 605. The highest BCUT2D eigenvalue weighted by molar-refractivity contribution is 5.87. The van der Waals surface area contributed by atoms with Gasteiger partial charge in [-0.3, -0.25) is 4.79 Å². The minimum Gasteiger partial charge on any atom is -0.364 e. The van der Waals surface area contributed by atoms with E-state index in [0.29, 0.717) is 6.54 Å². The lowest BCUT2D eigenvalue weighted by atomic mass is 9.82. The topological polar surface area (TPSA) is 44.9 Å². The van der Waals surface area contributed by atoms with E-state index in [1.54, 1.807) is 6.92 Å². The third-order valence-electron chi connectivity index (χ3n) is 4.07. The molecule has 0 fully saturated rings. The van der Waals surface area contributed by atoms with Gasteiger partial charge < -0.3 is 10.3 Å². The molecule has 1 unspecified atom stereocenters. The van der Waals surface area contributed by atoms with Crippen LogP contribution in [0.15, 0.2) is 36.6 Å². The molecule has 1 heterocycles. The largest absolute Gasteiger partial charge is 0.364 e. The number of H-pyrrole nitrogens is 1. The van der Waals surface area contributed by atoms with Crippen molar-refractivity contribution in [3.05, 3.63) is 53.4 Å². The van der Waals surface area contributed by atoms with Crippen LogP contribution in [-0.4, -0.2) is 24.4 Å². The second-order valence-electron chi connectivity index (χ2n) is 5.60. The summed E-state index contributed by atoms with van der Waals surface area (Å²) in [4.78, 5) is 15.1. The molecular formula is C18H24N2O. The van der Waals surface area contributed by atoms with E-state index in [1.807, 2.05) is 13.1 Å². The zero-order valence-electron chi connectivity index (χ0n) is 13.1. The number of carbonyl (C=O) groups excluding carboxylic acids is 1.